The molecule has 15 heavy (non-hydrogen) atoms. The number of benzene rings is 1. The molecule has 1 aromatic carbocycles. The molecule has 0 amide bonds. The van der Waals surface area contributed by atoms with E-state index in [1.54, 1.807) is 0 Å². The van der Waals surface area contributed by atoms with Crippen molar-refractivity contribution in [1.82, 2.24) is 4.90 Å². The van der Waals surface area contributed by atoms with Gasteiger partial charge in [0.15, 0.2) is 0 Å². The van der Waals surface area contributed by atoms with E-state index in [0.29, 0.717) is 0 Å². The van der Waals surface area contributed by atoms with Gasteiger partial charge in [0.2, 0.25) is 0 Å². The summed E-state index contributed by atoms with van der Waals surface area (Å²) >= 11 is 0. The van der Waals surface area contributed by atoms with Gasteiger partial charge in [0.05, 0.1) is 5.69 Å². The second-order valence-electron chi connectivity index (χ2n) is 3.94. The number of hydrogen-bond donors (Lipinski definition) is 1. The topological polar surface area (TPSA) is 38.5 Å². The summed E-state index contributed by atoms with van der Waals surface area (Å²) in [6.45, 7) is 4.17. The van der Waals surface area contributed by atoms with Gasteiger partial charge in [-0.25, -0.2) is 0 Å². The molecule has 0 radical (unpaired) electrons. The van der Waals surface area contributed by atoms with Crippen molar-refractivity contribution >= 4 is 5.69 Å². The average molecular weight is 206 g/mol. The van der Waals surface area contributed by atoms with Crippen molar-refractivity contribution < 1.29 is 4.74 Å². The first-order valence-corrected chi connectivity index (χ1v) is 5.56. The lowest BCUT2D eigenvalue weighted by Crippen LogP contribution is -2.25. The summed E-state index contributed by atoms with van der Waals surface area (Å²) in [6.07, 6.45) is 2.65. The number of nitrogen functional groups attached to an aromatic ring is 1. The van der Waals surface area contributed by atoms with Gasteiger partial charge in [-0.1, -0.05) is 12.1 Å². The fourth-order valence-corrected chi connectivity index (χ4v) is 1.90. The van der Waals surface area contributed by atoms with E-state index >= 15 is 0 Å². The molecule has 0 aromatic heterocycles. The molecule has 2 N–H and O–H groups in total. The van der Waals surface area contributed by atoms with Crippen molar-refractivity contribution in [3.63, 3.8) is 0 Å². The molecule has 0 spiro atoms. The molecule has 1 aliphatic rings. The highest BCUT2D eigenvalue weighted by atomic mass is 16.5. The number of para-hydroxylation sites is 2. The van der Waals surface area contributed by atoms with Gasteiger partial charge in [-0.2, -0.15) is 0 Å². The molecule has 1 aromatic rings. The van der Waals surface area contributed by atoms with E-state index in [0.717, 1.165) is 24.6 Å². The van der Waals surface area contributed by atoms with Crippen LogP contribution in [-0.2, 0) is 0 Å². The standard InChI is InChI=1S/C12H18N2O/c13-11-5-1-2-6-12(11)15-10-9-14-7-3-4-8-14/h1-2,5-6H,3-4,7-10,13H2. The van der Waals surface area contributed by atoms with E-state index in [9.17, 15) is 0 Å². The van der Waals surface area contributed by atoms with Crippen LogP contribution in [0.1, 0.15) is 12.8 Å². The zero-order valence-corrected chi connectivity index (χ0v) is 8.98. The SMILES string of the molecule is Nc1ccccc1OCCN1CCCC1. The van der Waals surface area contributed by atoms with Crippen molar-refractivity contribution in [2.75, 3.05) is 32.0 Å². The molecule has 82 valence electrons. The first kappa shape index (κ1) is 10.3. The van der Waals surface area contributed by atoms with Crippen molar-refractivity contribution in [2.24, 2.45) is 0 Å². The predicted octanol–water partition coefficient (Wildman–Crippen LogP) is 1.74. The number of ether oxygens (including phenoxy) is 1. The Hall–Kier alpha value is -1.22. The summed E-state index contributed by atoms with van der Waals surface area (Å²) in [6, 6.07) is 7.65. The van der Waals surface area contributed by atoms with Gasteiger partial charge < -0.3 is 10.5 Å². The lowest BCUT2D eigenvalue weighted by Gasteiger charge is -2.15. The smallest absolute Gasteiger partial charge is 0.142 e. The van der Waals surface area contributed by atoms with E-state index in [1.807, 2.05) is 24.3 Å². The zero-order valence-electron chi connectivity index (χ0n) is 8.98. The Balaban J connectivity index is 1.75. The third-order valence-electron chi connectivity index (χ3n) is 2.78. The summed E-state index contributed by atoms with van der Waals surface area (Å²) in [7, 11) is 0. The minimum absolute atomic E-state index is 0.721. The maximum absolute atomic E-state index is 5.78. The third-order valence-corrected chi connectivity index (χ3v) is 2.78. The van der Waals surface area contributed by atoms with Crippen LogP contribution >= 0.6 is 0 Å². The summed E-state index contributed by atoms with van der Waals surface area (Å²) in [5.41, 5.74) is 6.50. The number of likely N-dealkylation sites (tertiary alicyclic amines) is 1. The first-order chi connectivity index (χ1) is 7.36. The van der Waals surface area contributed by atoms with E-state index in [4.69, 9.17) is 10.5 Å². The fraction of sp³-hybridized carbons (Fsp3) is 0.500. The van der Waals surface area contributed by atoms with Gasteiger partial charge in [0.1, 0.15) is 12.4 Å². The van der Waals surface area contributed by atoms with Crippen LogP contribution < -0.4 is 10.5 Å². The van der Waals surface area contributed by atoms with Gasteiger partial charge >= 0.3 is 0 Å². The van der Waals surface area contributed by atoms with Crippen molar-refractivity contribution in [3.8, 4) is 5.75 Å². The Labute approximate surface area is 90.8 Å². The molecule has 3 heteroatoms. The molecular formula is C12H18N2O. The molecule has 0 atom stereocenters. The van der Waals surface area contributed by atoms with Crippen LogP contribution in [-0.4, -0.2) is 31.1 Å². The molecule has 0 bridgehead atoms. The molecule has 1 aliphatic heterocycles. The molecule has 2 rings (SSSR count). The molecule has 1 fully saturated rings. The highest BCUT2D eigenvalue weighted by molar-refractivity contribution is 5.51. The molecule has 0 saturated carbocycles. The van der Waals surface area contributed by atoms with E-state index in [2.05, 4.69) is 4.90 Å². The number of anilines is 1. The van der Waals surface area contributed by atoms with Crippen molar-refractivity contribution in [1.29, 1.82) is 0 Å². The van der Waals surface area contributed by atoms with Gasteiger partial charge in [0, 0.05) is 6.54 Å². The Kier molecular flexibility index (Phi) is 3.45. The first-order valence-electron chi connectivity index (χ1n) is 5.56. The van der Waals surface area contributed by atoms with Crippen LogP contribution in [0.5, 0.6) is 5.75 Å². The average Bonchev–Trinajstić information content (AvgIpc) is 2.74. The second kappa shape index (κ2) is 5.03. The van der Waals surface area contributed by atoms with Gasteiger partial charge in [-0.05, 0) is 38.1 Å². The van der Waals surface area contributed by atoms with Gasteiger partial charge in [0.25, 0.3) is 0 Å². The van der Waals surface area contributed by atoms with E-state index in [1.165, 1.54) is 25.9 Å². The highest BCUT2D eigenvalue weighted by Crippen LogP contribution is 2.19. The Morgan fingerprint density at radius 2 is 1.93 bits per heavy atom. The molecule has 0 aliphatic carbocycles. The summed E-state index contributed by atoms with van der Waals surface area (Å²) in [4.78, 5) is 2.43. The fourth-order valence-electron chi connectivity index (χ4n) is 1.90. The molecular weight excluding hydrogens is 188 g/mol. The summed E-state index contributed by atoms with van der Waals surface area (Å²) in [5, 5.41) is 0. The van der Waals surface area contributed by atoms with Crippen LogP contribution in [0.15, 0.2) is 24.3 Å². The Morgan fingerprint density at radius 1 is 1.20 bits per heavy atom. The van der Waals surface area contributed by atoms with E-state index in [-0.39, 0.29) is 0 Å². The van der Waals surface area contributed by atoms with Crippen molar-refractivity contribution in [2.45, 2.75) is 12.8 Å². The maximum Gasteiger partial charge on any atom is 0.142 e. The number of rotatable bonds is 4. The normalized spacial score (nSPS) is 16.8. The lowest BCUT2D eigenvalue weighted by atomic mass is 10.3. The second-order valence-corrected chi connectivity index (χ2v) is 3.94. The van der Waals surface area contributed by atoms with Crippen LogP contribution in [0.3, 0.4) is 0 Å². The highest BCUT2D eigenvalue weighted by Gasteiger charge is 2.10. The van der Waals surface area contributed by atoms with Crippen molar-refractivity contribution in [3.05, 3.63) is 24.3 Å². The Bertz CT molecular complexity index is 308. The Morgan fingerprint density at radius 3 is 2.67 bits per heavy atom. The van der Waals surface area contributed by atoms with Crippen LogP contribution in [0.2, 0.25) is 0 Å². The molecule has 1 saturated heterocycles. The zero-order chi connectivity index (χ0) is 10.5. The summed E-state index contributed by atoms with van der Waals surface area (Å²) in [5.74, 6) is 0.802. The van der Waals surface area contributed by atoms with Gasteiger partial charge in [-0.15, -0.1) is 0 Å². The molecule has 3 nitrogen and oxygen atoms in total. The van der Waals surface area contributed by atoms with Crippen LogP contribution in [0.4, 0.5) is 5.69 Å². The lowest BCUT2D eigenvalue weighted by molar-refractivity contribution is 0.238. The predicted molar refractivity (Wildman–Crippen MR) is 62.0 cm³/mol. The molecule has 1 heterocycles. The largest absolute Gasteiger partial charge is 0.490 e. The number of nitrogens with two attached hydrogens (primary N) is 1. The number of hydrogen-bond acceptors (Lipinski definition) is 3. The minimum atomic E-state index is 0.721. The maximum atomic E-state index is 5.78. The molecule has 0 unspecified atom stereocenters. The third kappa shape index (κ3) is 2.86. The van der Waals surface area contributed by atoms with Crippen LogP contribution in [0.25, 0.3) is 0 Å². The minimum Gasteiger partial charge on any atom is -0.490 e. The summed E-state index contributed by atoms with van der Waals surface area (Å²) < 4.78 is 5.63. The van der Waals surface area contributed by atoms with Gasteiger partial charge in [-0.3, -0.25) is 4.90 Å². The number of nitrogens with zero attached hydrogens (tertiary/aromatic N) is 1. The van der Waals surface area contributed by atoms with E-state index < -0.39 is 0 Å². The quantitative estimate of drug-likeness (QED) is 0.763. The van der Waals surface area contributed by atoms with Crippen LogP contribution in [0, 0.1) is 0 Å². The monoisotopic (exact) mass is 206 g/mol.